The van der Waals surface area contributed by atoms with Crippen molar-refractivity contribution < 1.29 is 10.0 Å². The summed E-state index contributed by atoms with van der Waals surface area (Å²) >= 11 is 0. The molecule has 27 heavy (non-hydrogen) atoms. The Balaban J connectivity index is 0.00000182. The van der Waals surface area contributed by atoms with Crippen molar-refractivity contribution in [3.05, 3.63) is 60.1 Å². The minimum absolute atomic E-state index is 0. The molecule has 3 rings (SSSR count). The number of anilines is 1. The van der Waals surface area contributed by atoms with Gasteiger partial charge >= 0.3 is 0 Å². The van der Waals surface area contributed by atoms with Crippen molar-refractivity contribution >= 4 is 42.6 Å². The van der Waals surface area contributed by atoms with Crippen molar-refractivity contribution in [2.75, 3.05) is 18.4 Å². The Hall–Kier alpha value is -2.19. The van der Waals surface area contributed by atoms with Crippen LogP contribution in [-0.2, 0) is 11.3 Å². The van der Waals surface area contributed by atoms with Crippen LogP contribution in [0.25, 0.3) is 6.08 Å². The molecule has 1 aromatic heterocycles. The topological polar surface area (TPSA) is 90.4 Å². The van der Waals surface area contributed by atoms with Gasteiger partial charge in [0.15, 0.2) is 0 Å². The smallest absolute Gasteiger partial charge is 0.267 e. The molecule has 7 nitrogen and oxygen atoms in total. The zero-order valence-corrected chi connectivity index (χ0v) is 16.2. The molecule has 0 spiro atoms. The highest BCUT2D eigenvalue weighted by atomic mass is 35.5. The van der Waals surface area contributed by atoms with Gasteiger partial charge in [0, 0.05) is 31.8 Å². The van der Waals surface area contributed by atoms with E-state index < -0.39 is 5.91 Å². The Labute approximate surface area is 170 Å². The number of halogens is 2. The van der Waals surface area contributed by atoms with E-state index in [2.05, 4.69) is 44.5 Å². The highest BCUT2D eigenvalue weighted by Crippen LogP contribution is 2.17. The summed E-state index contributed by atoms with van der Waals surface area (Å²) < 4.78 is 0. The fourth-order valence-corrected chi connectivity index (χ4v) is 2.87. The second kappa shape index (κ2) is 11.5. The molecule has 2 heterocycles. The number of benzene rings is 1. The van der Waals surface area contributed by atoms with Crippen LogP contribution >= 0.6 is 24.8 Å². The number of carbonyl (C=O) groups is 1. The number of carbonyl (C=O) groups excluding carboxylic acids is 1. The Morgan fingerprint density at radius 2 is 2.04 bits per heavy atom. The molecule has 1 aromatic carbocycles. The molecule has 9 heteroatoms. The third kappa shape index (κ3) is 7.15. The van der Waals surface area contributed by atoms with Gasteiger partial charge in [-0.15, -0.1) is 24.8 Å². The number of hydrogen-bond donors (Lipinski definition) is 3. The number of likely N-dealkylation sites (tertiary alicyclic amines) is 1. The average molecular weight is 412 g/mol. The van der Waals surface area contributed by atoms with Crippen LogP contribution in [0.15, 0.2) is 48.8 Å². The van der Waals surface area contributed by atoms with Crippen molar-refractivity contribution in [3.63, 3.8) is 0 Å². The van der Waals surface area contributed by atoms with Crippen molar-refractivity contribution in [3.8, 4) is 0 Å². The van der Waals surface area contributed by atoms with Crippen molar-refractivity contribution in [1.29, 1.82) is 0 Å². The molecule has 3 N–H and O–H groups in total. The first-order valence-corrected chi connectivity index (χ1v) is 8.20. The largest absolute Gasteiger partial charge is 0.365 e. The number of hydrogen-bond acceptors (Lipinski definition) is 6. The van der Waals surface area contributed by atoms with Crippen molar-refractivity contribution in [2.45, 2.75) is 19.0 Å². The van der Waals surface area contributed by atoms with E-state index in [9.17, 15) is 4.79 Å². The molecule has 146 valence electrons. The summed E-state index contributed by atoms with van der Waals surface area (Å²) in [5, 5.41) is 11.9. The van der Waals surface area contributed by atoms with E-state index >= 15 is 0 Å². The average Bonchev–Trinajstić information content (AvgIpc) is 3.07. The van der Waals surface area contributed by atoms with Crippen LogP contribution in [0.3, 0.4) is 0 Å². The lowest BCUT2D eigenvalue weighted by Gasteiger charge is -2.17. The number of amides is 1. The predicted molar refractivity (Wildman–Crippen MR) is 109 cm³/mol. The van der Waals surface area contributed by atoms with Crippen LogP contribution in [0.5, 0.6) is 0 Å². The minimum Gasteiger partial charge on any atom is -0.365 e. The summed E-state index contributed by atoms with van der Waals surface area (Å²) in [6.07, 6.45) is 6.97. The number of nitrogens with one attached hydrogen (secondary N) is 2. The Morgan fingerprint density at radius 3 is 2.78 bits per heavy atom. The monoisotopic (exact) mass is 411 g/mol. The normalized spacial score (nSPS) is 16.4. The number of hydroxylamine groups is 1. The fourth-order valence-electron chi connectivity index (χ4n) is 2.87. The molecule has 2 aromatic rings. The van der Waals surface area contributed by atoms with Gasteiger partial charge in [0.2, 0.25) is 0 Å². The molecule has 0 radical (unpaired) electrons. The Bertz CT molecular complexity index is 746. The molecular weight excluding hydrogens is 389 g/mol. The molecule has 1 atom stereocenters. The maximum atomic E-state index is 11.0. The summed E-state index contributed by atoms with van der Waals surface area (Å²) in [6.45, 7) is 2.93. The molecule has 1 fully saturated rings. The molecule has 0 bridgehead atoms. The Morgan fingerprint density at radius 1 is 1.26 bits per heavy atom. The van der Waals surface area contributed by atoms with Gasteiger partial charge in [-0.25, -0.2) is 10.5 Å². The van der Waals surface area contributed by atoms with Gasteiger partial charge in [-0.2, -0.15) is 0 Å². The van der Waals surface area contributed by atoms with E-state index in [-0.39, 0.29) is 24.8 Å². The second-order valence-electron chi connectivity index (χ2n) is 5.99. The molecule has 1 amide bonds. The van der Waals surface area contributed by atoms with Gasteiger partial charge in [-0.3, -0.25) is 19.9 Å². The second-order valence-corrected chi connectivity index (χ2v) is 5.99. The van der Waals surface area contributed by atoms with Crippen molar-refractivity contribution in [2.24, 2.45) is 0 Å². The highest BCUT2D eigenvalue weighted by molar-refractivity contribution is 5.90. The molecule has 1 aliphatic heterocycles. The van der Waals surface area contributed by atoms with E-state index in [0.29, 0.717) is 17.6 Å². The van der Waals surface area contributed by atoms with E-state index in [0.717, 1.165) is 26.1 Å². The zero-order chi connectivity index (χ0) is 17.5. The van der Waals surface area contributed by atoms with E-state index in [1.807, 2.05) is 6.07 Å². The summed E-state index contributed by atoms with van der Waals surface area (Å²) in [6, 6.07) is 10.8. The maximum absolute atomic E-state index is 11.0. The highest BCUT2D eigenvalue weighted by Gasteiger charge is 2.22. The lowest BCUT2D eigenvalue weighted by molar-refractivity contribution is -0.124. The van der Waals surface area contributed by atoms with Crippen molar-refractivity contribution in [1.82, 2.24) is 20.3 Å². The van der Waals surface area contributed by atoms with E-state index in [1.54, 1.807) is 12.4 Å². The summed E-state index contributed by atoms with van der Waals surface area (Å²) in [7, 11) is 0. The van der Waals surface area contributed by atoms with Crippen LogP contribution < -0.4 is 10.8 Å². The third-order valence-corrected chi connectivity index (χ3v) is 4.04. The lowest BCUT2D eigenvalue weighted by atomic mass is 10.2. The fraction of sp³-hybridized carbons (Fsp3) is 0.278. The van der Waals surface area contributed by atoms with Gasteiger partial charge < -0.3 is 5.32 Å². The van der Waals surface area contributed by atoms with Gasteiger partial charge in [0.1, 0.15) is 5.82 Å². The quantitative estimate of drug-likeness (QED) is 0.384. The van der Waals surface area contributed by atoms with E-state index in [4.69, 9.17) is 5.21 Å². The van der Waals surface area contributed by atoms with Crippen LogP contribution in [-0.4, -0.2) is 45.1 Å². The van der Waals surface area contributed by atoms with Gasteiger partial charge in [-0.1, -0.05) is 30.3 Å². The SMILES string of the molecule is Cl.Cl.O=C(C=Cc1cncc(N[C@@H]2CCN(Cc3ccccc3)C2)n1)NO. The van der Waals surface area contributed by atoms with Gasteiger partial charge in [0.05, 0.1) is 18.1 Å². The maximum Gasteiger partial charge on any atom is 0.267 e. The van der Waals surface area contributed by atoms with Gasteiger partial charge in [0.25, 0.3) is 5.91 Å². The minimum atomic E-state index is -0.604. The number of rotatable bonds is 6. The zero-order valence-electron chi connectivity index (χ0n) is 14.6. The predicted octanol–water partition coefficient (Wildman–Crippen LogP) is 2.53. The summed E-state index contributed by atoms with van der Waals surface area (Å²) in [5.74, 6) is 0.0747. The van der Waals surface area contributed by atoms with Crippen LogP contribution in [0, 0.1) is 0 Å². The summed E-state index contributed by atoms with van der Waals surface area (Å²) in [5.41, 5.74) is 3.40. The first kappa shape index (κ1) is 22.9. The Kier molecular flexibility index (Phi) is 9.74. The first-order valence-electron chi connectivity index (χ1n) is 8.20. The molecule has 1 saturated heterocycles. The van der Waals surface area contributed by atoms with Gasteiger partial charge in [-0.05, 0) is 18.1 Å². The molecule has 0 unspecified atom stereocenters. The lowest BCUT2D eigenvalue weighted by Crippen LogP contribution is -2.26. The van der Waals surface area contributed by atoms with E-state index in [1.165, 1.54) is 23.2 Å². The van der Waals surface area contributed by atoms with Crippen LogP contribution in [0.2, 0.25) is 0 Å². The molecule has 0 aliphatic carbocycles. The van der Waals surface area contributed by atoms with Crippen LogP contribution in [0.1, 0.15) is 17.7 Å². The number of nitrogens with zero attached hydrogens (tertiary/aromatic N) is 3. The number of aromatic nitrogens is 2. The summed E-state index contributed by atoms with van der Waals surface area (Å²) in [4.78, 5) is 22.0. The third-order valence-electron chi connectivity index (χ3n) is 4.04. The molecule has 0 saturated carbocycles. The van der Waals surface area contributed by atoms with Crippen LogP contribution in [0.4, 0.5) is 5.82 Å². The first-order chi connectivity index (χ1) is 12.2. The molecule has 1 aliphatic rings. The molecular formula is C18H23Cl2N5O2. The standard InChI is InChI=1S/C18H21N5O2.2ClH/c24-18(22-25)7-6-15-10-19-11-17(20-15)21-16-8-9-23(13-16)12-14-4-2-1-3-5-14;;/h1-7,10-11,16,25H,8-9,12-13H2,(H,20,21)(H,22,24);2*1H/t16-;;/m1../s1.